The number of hydrogen-bond acceptors (Lipinski definition) is 3. The van der Waals surface area contributed by atoms with Gasteiger partial charge in [0, 0.05) is 26.1 Å². The van der Waals surface area contributed by atoms with Crippen molar-refractivity contribution in [2.45, 2.75) is 51.0 Å². The largest absolute Gasteiger partial charge is 0.481 e. The van der Waals surface area contributed by atoms with Gasteiger partial charge in [0.2, 0.25) is 5.91 Å². The fourth-order valence-corrected chi connectivity index (χ4v) is 2.88. The van der Waals surface area contributed by atoms with Crippen LogP contribution in [0.3, 0.4) is 0 Å². The lowest BCUT2D eigenvalue weighted by molar-refractivity contribution is -0.145. The Labute approximate surface area is 113 Å². The molecule has 2 saturated heterocycles. The minimum Gasteiger partial charge on any atom is -0.481 e. The van der Waals surface area contributed by atoms with Crippen molar-refractivity contribution in [1.29, 1.82) is 0 Å². The molecule has 2 rings (SSSR count). The van der Waals surface area contributed by atoms with Gasteiger partial charge in [-0.05, 0) is 38.5 Å². The van der Waals surface area contributed by atoms with Crippen molar-refractivity contribution in [1.82, 2.24) is 4.90 Å². The van der Waals surface area contributed by atoms with Crippen LogP contribution >= 0.6 is 0 Å². The van der Waals surface area contributed by atoms with Gasteiger partial charge in [0.1, 0.15) is 0 Å². The second kappa shape index (κ2) is 6.89. The summed E-state index contributed by atoms with van der Waals surface area (Å²) in [5.41, 5.74) is 0. The molecule has 0 spiro atoms. The third-order valence-electron chi connectivity index (χ3n) is 4.08. The first-order valence-electron chi connectivity index (χ1n) is 7.29. The number of rotatable bonds is 4. The number of piperidine rings is 1. The molecule has 19 heavy (non-hydrogen) atoms. The van der Waals surface area contributed by atoms with E-state index in [9.17, 15) is 9.59 Å². The number of likely N-dealkylation sites (tertiary alicyclic amines) is 1. The molecule has 108 valence electrons. The third kappa shape index (κ3) is 4.20. The normalized spacial score (nSPS) is 28.1. The number of carboxylic acid groups (broad SMARTS) is 1. The van der Waals surface area contributed by atoms with Crippen molar-refractivity contribution >= 4 is 11.9 Å². The second-order valence-corrected chi connectivity index (χ2v) is 5.54. The summed E-state index contributed by atoms with van der Waals surface area (Å²) >= 11 is 0. The lowest BCUT2D eigenvalue weighted by Gasteiger charge is -2.31. The molecule has 2 atom stereocenters. The highest BCUT2D eigenvalue weighted by Crippen LogP contribution is 2.20. The number of carboxylic acids is 1. The number of nitrogens with zero attached hydrogens (tertiary/aromatic N) is 1. The van der Waals surface area contributed by atoms with Gasteiger partial charge < -0.3 is 14.7 Å². The fraction of sp³-hybridized carbons (Fsp3) is 0.857. The van der Waals surface area contributed by atoms with E-state index in [4.69, 9.17) is 9.84 Å². The van der Waals surface area contributed by atoms with Crippen LogP contribution in [-0.2, 0) is 14.3 Å². The van der Waals surface area contributed by atoms with Crippen LogP contribution in [0.1, 0.15) is 44.9 Å². The zero-order valence-corrected chi connectivity index (χ0v) is 11.3. The standard InChI is InChI=1S/C14H23NO4/c16-13(7-6-12-5-1-2-9-19-12)15-8-3-4-11(10-15)14(17)18/h11-12H,1-10H2,(H,17,18). The number of aliphatic carboxylic acids is 1. The Balaban J connectivity index is 1.74. The zero-order valence-electron chi connectivity index (χ0n) is 11.3. The average molecular weight is 269 g/mol. The lowest BCUT2D eigenvalue weighted by atomic mass is 9.97. The topological polar surface area (TPSA) is 66.8 Å². The molecule has 5 heteroatoms. The summed E-state index contributed by atoms with van der Waals surface area (Å²) in [5.74, 6) is -1.09. The number of amides is 1. The van der Waals surface area contributed by atoms with E-state index < -0.39 is 5.97 Å². The van der Waals surface area contributed by atoms with Gasteiger partial charge in [-0.1, -0.05) is 0 Å². The molecule has 1 N–H and O–H groups in total. The van der Waals surface area contributed by atoms with Gasteiger partial charge in [0.05, 0.1) is 12.0 Å². The highest BCUT2D eigenvalue weighted by Gasteiger charge is 2.28. The molecule has 0 aromatic heterocycles. The Bertz CT molecular complexity index is 325. The van der Waals surface area contributed by atoms with Crippen LogP contribution in [0.4, 0.5) is 0 Å². The molecule has 2 heterocycles. The summed E-state index contributed by atoms with van der Waals surface area (Å²) in [6, 6.07) is 0. The second-order valence-electron chi connectivity index (χ2n) is 5.54. The van der Waals surface area contributed by atoms with Gasteiger partial charge in [-0.25, -0.2) is 0 Å². The van der Waals surface area contributed by atoms with Gasteiger partial charge >= 0.3 is 5.97 Å². The number of hydrogen-bond donors (Lipinski definition) is 1. The molecule has 0 radical (unpaired) electrons. The molecular weight excluding hydrogens is 246 g/mol. The van der Waals surface area contributed by atoms with E-state index in [1.165, 1.54) is 6.42 Å². The summed E-state index contributed by atoms with van der Waals surface area (Å²) in [5, 5.41) is 9.01. The highest BCUT2D eigenvalue weighted by atomic mass is 16.5. The van der Waals surface area contributed by atoms with Crippen LogP contribution in [0.25, 0.3) is 0 Å². The Morgan fingerprint density at radius 3 is 2.74 bits per heavy atom. The van der Waals surface area contributed by atoms with E-state index in [2.05, 4.69) is 0 Å². The SMILES string of the molecule is O=C(O)C1CCCN(C(=O)CCC2CCCCO2)C1. The molecular formula is C14H23NO4. The van der Waals surface area contributed by atoms with Crippen molar-refractivity contribution in [2.75, 3.05) is 19.7 Å². The first kappa shape index (κ1) is 14.3. The Morgan fingerprint density at radius 2 is 2.05 bits per heavy atom. The minimum atomic E-state index is -0.784. The molecule has 2 aliphatic heterocycles. The summed E-state index contributed by atoms with van der Waals surface area (Å²) in [7, 11) is 0. The predicted molar refractivity (Wildman–Crippen MR) is 69.8 cm³/mol. The van der Waals surface area contributed by atoms with E-state index in [1.54, 1.807) is 4.90 Å². The van der Waals surface area contributed by atoms with Crippen LogP contribution in [0, 0.1) is 5.92 Å². The van der Waals surface area contributed by atoms with E-state index in [0.29, 0.717) is 25.9 Å². The maximum Gasteiger partial charge on any atom is 0.308 e. The molecule has 5 nitrogen and oxygen atoms in total. The van der Waals surface area contributed by atoms with Gasteiger partial charge in [-0.3, -0.25) is 9.59 Å². The van der Waals surface area contributed by atoms with Crippen LogP contribution in [0.5, 0.6) is 0 Å². The maximum absolute atomic E-state index is 12.1. The molecule has 0 aliphatic carbocycles. The van der Waals surface area contributed by atoms with Crippen LogP contribution in [0.15, 0.2) is 0 Å². The quantitative estimate of drug-likeness (QED) is 0.843. The Hall–Kier alpha value is -1.10. The minimum absolute atomic E-state index is 0.0834. The first-order chi connectivity index (χ1) is 9.16. The Kier molecular flexibility index (Phi) is 5.19. The van der Waals surface area contributed by atoms with Crippen molar-refractivity contribution in [3.8, 4) is 0 Å². The number of carbonyl (C=O) groups is 2. The van der Waals surface area contributed by atoms with Gasteiger partial charge in [0.25, 0.3) is 0 Å². The van der Waals surface area contributed by atoms with Crippen molar-refractivity contribution < 1.29 is 19.4 Å². The molecule has 0 bridgehead atoms. The summed E-state index contributed by atoms with van der Waals surface area (Å²) in [6.45, 7) is 1.89. The number of carbonyl (C=O) groups excluding carboxylic acids is 1. The summed E-state index contributed by atoms with van der Waals surface area (Å²) in [4.78, 5) is 24.8. The molecule has 2 unspecified atom stereocenters. The summed E-state index contributed by atoms with van der Waals surface area (Å²) in [6.07, 6.45) is 6.31. The average Bonchev–Trinajstić information content (AvgIpc) is 2.46. The van der Waals surface area contributed by atoms with Crippen molar-refractivity contribution in [3.05, 3.63) is 0 Å². The molecule has 0 aromatic carbocycles. The Morgan fingerprint density at radius 1 is 1.21 bits per heavy atom. The number of ether oxygens (including phenoxy) is 1. The lowest BCUT2D eigenvalue weighted by Crippen LogP contribution is -2.42. The smallest absolute Gasteiger partial charge is 0.308 e. The predicted octanol–water partition coefficient (Wildman–Crippen LogP) is 1.66. The highest BCUT2D eigenvalue weighted by molar-refractivity contribution is 5.78. The van der Waals surface area contributed by atoms with Crippen molar-refractivity contribution in [2.24, 2.45) is 5.92 Å². The van der Waals surface area contributed by atoms with E-state index in [-0.39, 0.29) is 17.9 Å². The van der Waals surface area contributed by atoms with Crippen LogP contribution in [0.2, 0.25) is 0 Å². The first-order valence-corrected chi connectivity index (χ1v) is 7.29. The van der Waals surface area contributed by atoms with Crippen LogP contribution < -0.4 is 0 Å². The molecule has 2 aliphatic rings. The van der Waals surface area contributed by atoms with Crippen molar-refractivity contribution in [3.63, 3.8) is 0 Å². The van der Waals surface area contributed by atoms with E-state index in [0.717, 1.165) is 32.3 Å². The monoisotopic (exact) mass is 269 g/mol. The molecule has 2 fully saturated rings. The van der Waals surface area contributed by atoms with Crippen LogP contribution in [-0.4, -0.2) is 47.7 Å². The molecule has 1 amide bonds. The molecule has 0 saturated carbocycles. The van der Waals surface area contributed by atoms with Gasteiger partial charge in [0.15, 0.2) is 0 Å². The molecule has 0 aromatic rings. The van der Waals surface area contributed by atoms with Gasteiger partial charge in [-0.15, -0.1) is 0 Å². The third-order valence-corrected chi connectivity index (χ3v) is 4.08. The summed E-state index contributed by atoms with van der Waals surface area (Å²) < 4.78 is 5.61. The zero-order chi connectivity index (χ0) is 13.7. The maximum atomic E-state index is 12.1. The van der Waals surface area contributed by atoms with E-state index >= 15 is 0 Å². The fourth-order valence-electron chi connectivity index (χ4n) is 2.88. The van der Waals surface area contributed by atoms with Gasteiger partial charge in [-0.2, -0.15) is 0 Å². The van der Waals surface area contributed by atoms with E-state index in [1.807, 2.05) is 0 Å².